The first-order chi connectivity index (χ1) is 13.0. The van der Waals surface area contributed by atoms with Crippen molar-refractivity contribution in [3.63, 3.8) is 0 Å². The van der Waals surface area contributed by atoms with Crippen LogP contribution in [0.1, 0.15) is 5.56 Å². The van der Waals surface area contributed by atoms with E-state index in [1.165, 1.54) is 20.4 Å². The number of benzene rings is 2. The van der Waals surface area contributed by atoms with Gasteiger partial charge in [0.05, 0.1) is 26.1 Å². The molecule has 0 heterocycles. The van der Waals surface area contributed by atoms with Crippen LogP contribution in [0.5, 0.6) is 17.2 Å². The topological polar surface area (TPSA) is 134 Å². The second-order valence-corrected chi connectivity index (χ2v) is 5.22. The Bertz CT molecular complexity index is 847. The Morgan fingerprint density at radius 3 is 2.52 bits per heavy atom. The highest BCUT2D eigenvalue weighted by Gasteiger charge is 2.10. The molecule has 0 fully saturated rings. The number of guanidine groups is 1. The summed E-state index contributed by atoms with van der Waals surface area (Å²) < 4.78 is 16.0. The fourth-order valence-electron chi connectivity index (χ4n) is 2.12. The Kier molecular flexibility index (Phi) is 7.00. The number of ether oxygens (including phenoxy) is 3. The predicted octanol–water partition coefficient (Wildman–Crippen LogP) is 1.33. The lowest BCUT2D eigenvalue weighted by molar-refractivity contribution is -0.118. The molecule has 0 saturated heterocycles. The molecule has 0 bridgehead atoms. The third kappa shape index (κ3) is 5.92. The van der Waals surface area contributed by atoms with Crippen LogP contribution in [-0.4, -0.2) is 38.9 Å². The fourth-order valence-corrected chi connectivity index (χ4v) is 2.12. The summed E-state index contributed by atoms with van der Waals surface area (Å²) in [5.41, 5.74) is 11.7. The van der Waals surface area contributed by atoms with Gasteiger partial charge in [0.15, 0.2) is 18.1 Å². The van der Waals surface area contributed by atoms with Crippen molar-refractivity contribution in [2.45, 2.75) is 0 Å². The second-order valence-electron chi connectivity index (χ2n) is 5.22. The molecule has 5 N–H and O–H groups in total. The third-order valence-corrected chi connectivity index (χ3v) is 3.31. The van der Waals surface area contributed by atoms with Gasteiger partial charge in [-0.25, -0.2) is 0 Å². The van der Waals surface area contributed by atoms with Crippen molar-refractivity contribution in [2.75, 3.05) is 26.1 Å². The van der Waals surface area contributed by atoms with Crippen LogP contribution in [0.4, 0.5) is 5.69 Å². The lowest BCUT2D eigenvalue weighted by Gasteiger charge is -2.12. The van der Waals surface area contributed by atoms with Gasteiger partial charge in [0, 0.05) is 0 Å². The first kappa shape index (κ1) is 19.6. The molecular formula is C18H21N5O4. The minimum absolute atomic E-state index is 0.140. The van der Waals surface area contributed by atoms with Crippen molar-refractivity contribution < 1.29 is 19.0 Å². The van der Waals surface area contributed by atoms with E-state index in [-0.39, 0.29) is 18.5 Å². The Morgan fingerprint density at radius 2 is 1.81 bits per heavy atom. The minimum Gasteiger partial charge on any atom is -0.495 e. The summed E-state index contributed by atoms with van der Waals surface area (Å²) in [5, 5.41) is 9.97. The van der Waals surface area contributed by atoms with Gasteiger partial charge in [-0.05, 0) is 35.9 Å². The number of hydrogen-bond donors (Lipinski definition) is 3. The first-order valence-corrected chi connectivity index (χ1v) is 7.89. The lowest BCUT2D eigenvalue weighted by Crippen LogP contribution is -2.21. The summed E-state index contributed by atoms with van der Waals surface area (Å²) in [6, 6.07) is 12.2. The monoisotopic (exact) mass is 371 g/mol. The molecule has 0 unspecified atom stereocenters. The molecule has 0 spiro atoms. The number of carbonyl (C=O) groups is 1. The average Bonchev–Trinajstić information content (AvgIpc) is 2.67. The molecule has 142 valence electrons. The smallest absolute Gasteiger partial charge is 0.262 e. The highest BCUT2D eigenvalue weighted by molar-refractivity contribution is 5.93. The molecule has 1 amide bonds. The zero-order chi connectivity index (χ0) is 19.6. The number of anilines is 1. The largest absolute Gasteiger partial charge is 0.495 e. The number of carbonyl (C=O) groups excluding carboxylic acids is 1. The summed E-state index contributed by atoms with van der Waals surface area (Å²) >= 11 is 0. The molecule has 0 aliphatic heterocycles. The van der Waals surface area contributed by atoms with Crippen LogP contribution in [0, 0.1) is 0 Å². The Balaban J connectivity index is 2.01. The molecule has 2 rings (SSSR count). The van der Waals surface area contributed by atoms with Gasteiger partial charge in [-0.3, -0.25) is 4.79 Å². The first-order valence-electron chi connectivity index (χ1n) is 7.89. The summed E-state index contributed by atoms with van der Waals surface area (Å²) in [7, 11) is 3.03. The van der Waals surface area contributed by atoms with Crippen LogP contribution in [0.3, 0.4) is 0 Å². The van der Waals surface area contributed by atoms with Gasteiger partial charge < -0.3 is 31.0 Å². The van der Waals surface area contributed by atoms with Crippen LogP contribution in [-0.2, 0) is 4.79 Å². The SMILES string of the molecule is COc1ccccc1NC(=O)COc1ccc(/C=N/N=C(N)N)cc1OC. The van der Waals surface area contributed by atoms with E-state index in [0.29, 0.717) is 28.5 Å². The number of para-hydroxylation sites is 2. The molecule has 27 heavy (non-hydrogen) atoms. The van der Waals surface area contributed by atoms with Gasteiger partial charge in [-0.15, -0.1) is 5.10 Å². The van der Waals surface area contributed by atoms with Crippen LogP contribution >= 0.6 is 0 Å². The van der Waals surface area contributed by atoms with Crippen LogP contribution in [0.15, 0.2) is 52.7 Å². The van der Waals surface area contributed by atoms with Crippen LogP contribution < -0.4 is 31.0 Å². The molecule has 0 aliphatic carbocycles. The fraction of sp³-hybridized carbons (Fsp3) is 0.167. The van der Waals surface area contributed by atoms with Crippen molar-refractivity contribution >= 4 is 23.8 Å². The van der Waals surface area contributed by atoms with Gasteiger partial charge in [0.2, 0.25) is 5.96 Å². The number of nitrogens with zero attached hydrogens (tertiary/aromatic N) is 2. The zero-order valence-electron chi connectivity index (χ0n) is 15.0. The van der Waals surface area contributed by atoms with E-state index in [1.54, 1.807) is 36.4 Å². The normalized spacial score (nSPS) is 10.3. The standard InChI is InChI=1S/C18H21N5O4/c1-25-14-6-4-3-5-13(14)22-17(24)11-27-15-8-7-12(9-16(15)26-2)10-21-23-18(19)20/h3-10H,11H2,1-2H3,(H,22,24)(H4,19,20,23)/b21-10+. The molecule has 9 nitrogen and oxygen atoms in total. The van der Waals surface area contributed by atoms with Crippen molar-refractivity contribution in [1.29, 1.82) is 0 Å². The number of nitrogens with two attached hydrogens (primary N) is 2. The third-order valence-electron chi connectivity index (χ3n) is 3.31. The average molecular weight is 371 g/mol. The lowest BCUT2D eigenvalue weighted by atomic mass is 10.2. The Morgan fingerprint density at radius 1 is 1.07 bits per heavy atom. The molecule has 0 saturated carbocycles. The maximum absolute atomic E-state index is 12.1. The van der Waals surface area contributed by atoms with Crippen LogP contribution in [0.25, 0.3) is 0 Å². The minimum atomic E-state index is -0.333. The highest BCUT2D eigenvalue weighted by atomic mass is 16.5. The molecule has 0 aromatic heterocycles. The number of methoxy groups -OCH3 is 2. The number of amides is 1. The Labute approximate surface area is 156 Å². The predicted molar refractivity (Wildman–Crippen MR) is 104 cm³/mol. The molecule has 2 aromatic carbocycles. The zero-order valence-corrected chi connectivity index (χ0v) is 15.0. The number of nitrogens with one attached hydrogen (secondary N) is 1. The maximum Gasteiger partial charge on any atom is 0.262 e. The molecule has 9 heteroatoms. The Hall–Kier alpha value is -3.75. The maximum atomic E-state index is 12.1. The van der Waals surface area contributed by atoms with Gasteiger partial charge in [0.25, 0.3) is 5.91 Å². The molecule has 0 radical (unpaired) electrons. The van der Waals surface area contributed by atoms with Crippen LogP contribution in [0.2, 0.25) is 0 Å². The summed E-state index contributed by atoms with van der Waals surface area (Å²) in [5.74, 6) is 0.937. The summed E-state index contributed by atoms with van der Waals surface area (Å²) in [6.45, 7) is -0.199. The van der Waals surface area contributed by atoms with Gasteiger partial charge >= 0.3 is 0 Å². The van der Waals surface area contributed by atoms with Crippen molar-refractivity contribution in [3.05, 3.63) is 48.0 Å². The summed E-state index contributed by atoms with van der Waals surface area (Å²) in [4.78, 5) is 12.1. The van der Waals surface area contributed by atoms with E-state index in [9.17, 15) is 4.79 Å². The van der Waals surface area contributed by atoms with E-state index in [1.807, 2.05) is 6.07 Å². The van der Waals surface area contributed by atoms with E-state index in [2.05, 4.69) is 15.5 Å². The number of rotatable bonds is 8. The van der Waals surface area contributed by atoms with Gasteiger partial charge in [0.1, 0.15) is 5.75 Å². The number of hydrogen-bond acceptors (Lipinski definition) is 6. The van der Waals surface area contributed by atoms with Crippen molar-refractivity contribution in [2.24, 2.45) is 21.7 Å². The molecule has 0 aliphatic rings. The van der Waals surface area contributed by atoms with E-state index >= 15 is 0 Å². The summed E-state index contributed by atoms with van der Waals surface area (Å²) in [6.07, 6.45) is 1.46. The van der Waals surface area contributed by atoms with Gasteiger partial charge in [-0.1, -0.05) is 12.1 Å². The van der Waals surface area contributed by atoms with Crippen molar-refractivity contribution in [3.8, 4) is 17.2 Å². The highest BCUT2D eigenvalue weighted by Crippen LogP contribution is 2.28. The second kappa shape index (κ2) is 9.66. The molecular weight excluding hydrogens is 350 g/mol. The molecule has 0 atom stereocenters. The van der Waals surface area contributed by atoms with E-state index in [0.717, 1.165) is 0 Å². The van der Waals surface area contributed by atoms with E-state index in [4.69, 9.17) is 25.7 Å². The van der Waals surface area contributed by atoms with Gasteiger partial charge in [-0.2, -0.15) is 5.10 Å². The van der Waals surface area contributed by atoms with E-state index < -0.39 is 0 Å². The quantitative estimate of drug-likeness (QED) is 0.364. The van der Waals surface area contributed by atoms with Crippen molar-refractivity contribution in [1.82, 2.24) is 0 Å². The molecule has 2 aromatic rings.